The fourth-order valence-corrected chi connectivity index (χ4v) is 3.10. The zero-order valence-corrected chi connectivity index (χ0v) is 16.5. The van der Waals surface area contributed by atoms with E-state index in [-0.39, 0.29) is 31.1 Å². The number of aromatic nitrogens is 2. The maximum absolute atomic E-state index is 12.9. The number of hydrogen-bond acceptors (Lipinski definition) is 4. The minimum absolute atomic E-state index is 0.185. The van der Waals surface area contributed by atoms with Gasteiger partial charge in [0.2, 0.25) is 5.91 Å². The Kier molecular flexibility index (Phi) is 6.09. The van der Waals surface area contributed by atoms with Crippen LogP contribution in [0, 0.1) is 6.92 Å². The molecule has 1 heterocycles. The Labute approximate surface area is 170 Å². The molecule has 0 aliphatic heterocycles. The van der Waals surface area contributed by atoms with Gasteiger partial charge in [0, 0.05) is 32.2 Å². The van der Waals surface area contributed by atoms with E-state index in [9.17, 15) is 22.8 Å². The first-order chi connectivity index (χ1) is 14.1. The van der Waals surface area contributed by atoms with Gasteiger partial charge in [0.15, 0.2) is 0 Å². The van der Waals surface area contributed by atoms with E-state index in [1.54, 1.807) is 31.2 Å². The van der Waals surface area contributed by atoms with Crippen molar-refractivity contribution >= 4 is 22.6 Å². The molecule has 0 bridgehead atoms. The third-order valence-corrected chi connectivity index (χ3v) is 4.57. The quantitative estimate of drug-likeness (QED) is 0.643. The van der Waals surface area contributed by atoms with Crippen LogP contribution in [0.5, 0.6) is 0 Å². The second-order valence-electron chi connectivity index (χ2n) is 6.89. The molecule has 2 aromatic carbocycles. The molecule has 0 atom stereocenters. The molecule has 0 saturated heterocycles. The molecular formula is C21H21F3N4O2. The third kappa shape index (κ3) is 4.97. The Morgan fingerprint density at radius 3 is 2.63 bits per heavy atom. The lowest BCUT2D eigenvalue weighted by molar-refractivity contribution is -0.137. The molecule has 0 fully saturated rings. The molecule has 3 rings (SSSR count). The first-order valence-corrected chi connectivity index (χ1v) is 9.31. The number of anilines is 1. The lowest BCUT2D eigenvalue weighted by Gasteiger charge is -2.14. The zero-order valence-electron chi connectivity index (χ0n) is 16.5. The third-order valence-electron chi connectivity index (χ3n) is 4.57. The van der Waals surface area contributed by atoms with Crippen molar-refractivity contribution in [1.82, 2.24) is 14.9 Å². The fourth-order valence-electron chi connectivity index (χ4n) is 3.10. The lowest BCUT2D eigenvalue weighted by atomic mass is 10.1. The summed E-state index contributed by atoms with van der Waals surface area (Å²) in [6, 6.07) is 10.3. The number of rotatable bonds is 6. The van der Waals surface area contributed by atoms with Gasteiger partial charge in [0.1, 0.15) is 5.69 Å². The zero-order chi connectivity index (χ0) is 21.9. The fraction of sp³-hybridized carbons (Fsp3) is 0.286. The number of hydrogen-bond donors (Lipinski definition) is 2. The predicted molar refractivity (Wildman–Crippen MR) is 108 cm³/mol. The molecule has 1 aromatic heterocycles. The van der Waals surface area contributed by atoms with Crippen LogP contribution in [0.15, 0.2) is 47.3 Å². The van der Waals surface area contributed by atoms with Crippen molar-refractivity contribution in [2.75, 3.05) is 11.9 Å². The number of carbonyl (C=O) groups excluding carboxylic acids is 1. The molecular weight excluding hydrogens is 397 g/mol. The number of benzene rings is 2. The summed E-state index contributed by atoms with van der Waals surface area (Å²) in [7, 11) is 0. The predicted octanol–water partition coefficient (Wildman–Crippen LogP) is 3.47. The number of nitrogens with zero attached hydrogens (tertiary/aromatic N) is 2. The first kappa shape index (κ1) is 21.4. The number of alkyl halides is 3. The van der Waals surface area contributed by atoms with Crippen LogP contribution < -0.4 is 16.2 Å². The van der Waals surface area contributed by atoms with E-state index in [2.05, 4.69) is 15.6 Å². The minimum Gasteiger partial charge on any atom is -0.381 e. The molecule has 1 amide bonds. The molecule has 0 spiro atoms. The minimum atomic E-state index is -4.40. The van der Waals surface area contributed by atoms with Crippen LogP contribution in [0.25, 0.3) is 11.0 Å². The van der Waals surface area contributed by atoms with Crippen LogP contribution in [0.4, 0.5) is 18.9 Å². The molecule has 9 heteroatoms. The van der Waals surface area contributed by atoms with E-state index < -0.39 is 11.7 Å². The smallest absolute Gasteiger partial charge is 0.381 e. The summed E-state index contributed by atoms with van der Waals surface area (Å²) < 4.78 is 40.2. The normalized spacial score (nSPS) is 11.5. The summed E-state index contributed by atoms with van der Waals surface area (Å²) in [5, 5.41) is 5.74. The maximum Gasteiger partial charge on any atom is 0.416 e. The Bertz CT molecular complexity index is 1140. The van der Waals surface area contributed by atoms with E-state index in [0.717, 1.165) is 12.1 Å². The average Bonchev–Trinajstić information content (AvgIpc) is 2.69. The van der Waals surface area contributed by atoms with Crippen LogP contribution in [-0.4, -0.2) is 22.0 Å². The summed E-state index contributed by atoms with van der Waals surface area (Å²) in [6.45, 7) is 3.76. The summed E-state index contributed by atoms with van der Waals surface area (Å²) in [5.41, 5.74) is 1.68. The Morgan fingerprint density at radius 1 is 1.17 bits per heavy atom. The second kappa shape index (κ2) is 8.56. The van der Waals surface area contributed by atoms with Crippen molar-refractivity contribution < 1.29 is 18.0 Å². The molecule has 0 radical (unpaired) electrons. The number of aryl methyl sites for hydroxylation is 1. The second-order valence-corrected chi connectivity index (χ2v) is 6.89. The number of halogens is 3. The molecule has 0 unspecified atom stereocenters. The highest BCUT2D eigenvalue weighted by atomic mass is 19.4. The molecule has 6 nitrogen and oxygen atoms in total. The molecule has 0 aliphatic rings. The highest BCUT2D eigenvalue weighted by Crippen LogP contribution is 2.29. The Morgan fingerprint density at radius 2 is 1.93 bits per heavy atom. The van der Waals surface area contributed by atoms with Crippen LogP contribution in [0.1, 0.15) is 23.7 Å². The highest BCUT2D eigenvalue weighted by Gasteiger charge is 2.30. The summed E-state index contributed by atoms with van der Waals surface area (Å²) >= 11 is 0. The van der Waals surface area contributed by atoms with Crippen molar-refractivity contribution in [3.8, 4) is 0 Å². The van der Waals surface area contributed by atoms with Crippen molar-refractivity contribution in [1.29, 1.82) is 0 Å². The Balaban J connectivity index is 1.86. The van der Waals surface area contributed by atoms with E-state index >= 15 is 0 Å². The van der Waals surface area contributed by atoms with Crippen LogP contribution >= 0.6 is 0 Å². The summed E-state index contributed by atoms with van der Waals surface area (Å²) in [5.74, 6) is -0.193. The number of fused-ring (bicyclic) bond motifs is 1. The molecule has 158 valence electrons. The SMILES string of the molecule is CC(=O)NCCn1c(=O)c(C)nc2ccc(NCc3cccc(C(F)(F)F)c3)cc21. The number of amides is 1. The standard InChI is InChI=1S/C21H21F3N4O2/c1-13-20(30)28(9-8-25-14(2)29)19-11-17(6-7-18(19)27-13)26-12-15-4-3-5-16(10-15)21(22,23)24/h3-7,10-11,26H,8-9,12H2,1-2H3,(H,25,29). The van der Waals surface area contributed by atoms with E-state index in [1.165, 1.54) is 17.6 Å². The van der Waals surface area contributed by atoms with Crippen LogP contribution in [0.2, 0.25) is 0 Å². The first-order valence-electron chi connectivity index (χ1n) is 9.31. The molecule has 30 heavy (non-hydrogen) atoms. The number of carbonyl (C=O) groups is 1. The van der Waals surface area contributed by atoms with Gasteiger partial charge in [-0.25, -0.2) is 4.98 Å². The maximum atomic E-state index is 12.9. The van der Waals surface area contributed by atoms with E-state index in [0.29, 0.717) is 28.0 Å². The molecule has 3 aromatic rings. The van der Waals surface area contributed by atoms with Gasteiger partial charge in [-0.15, -0.1) is 0 Å². The lowest BCUT2D eigenvalue weighted by Crippen LogP contribution is -2.31. The largest absolute Gasteiger partial charge is 0.416 e. The van der Waals surface area contributed by atoms with Gasteiger partial charge in [-0.1, -0.05) is 12.1 Å². The van der Waals surface area contributed by atoms with Gasteiger partial charge >= 0.3 is 6.18 Å². The van der Waals surface area contributed by atoms with Crippen molar-refractivity contribution in [3.05, 3.63) is 69.6 Å². The van der Waals surface area contributed by atoms with Gasteiger partial charge < -0.3 is 15.2 Å². The van der Waals surface area contributed by atoms with Gasteiger partial charge in [-0.2, -0.15) is 13.2 Å². The average molecular weight is 418 g/mol. The van der Waals surface area contributed by atoms with Crippen molar-refractivity contribution in [2.24, 2.45) is 0 Å². The Hall–Kier alpha value is -3.36. The summed E-state index contributed by atoms with van der Waals surface area (Å²) in [6.07, 6.45) is -4.40. The van der Waals surface area contributed by atoms with Gasteiger partial charge in [-0.3, -0.25) is 9.59 Å². The van der Waals surface area contributed by atoms with Gasteiger partial charge in [0.05, 0.1) is 16.6 Å². The monoisotopic (exact) mass is 418 g/mol. The van der Waals surface area contributed by atoms with Crippen LogP contribution in [0.3, 0.4) is 0 Å². The summed E-state index contributed by atoms with van der Waals surface area (Å²) in [4.78, 5) is 28.0. The van der Waals surface area contributed by atoms with Gasteiger partial charge in [0.25, 0.3) is 5.56 Å². The topological polar surface area (TPSA) is 76.0 Å². The highest BCUT2D eigenvalue weighted by molar-refractivity contribution is 5.79. The van der Waals surface area contributed by atoms with Crippen molar-refractivity contribution in [3.63, 3.8) is 0 Å². The molecule has 2 N–H and O–H groups in total. The van der Waals surface area contributed by atoms with Crippen molar-refractivity contribution in [2.45, 2.75) is 33.1 Å². The number of nitrogens with one attached hydrogen (secondary N) is 2. The van der Waals surface area contributed by atoms with Crippen LogP contribution in [-0.2, 0) is 24.1 Å². The van der Waals surface area contributed by atoms with E-state index in [1.807, 2.05) is 0 Å². The molecule has 0 aliphatic carbocycles. The molecule has 0 saturated carbocycles. The van der Waals surface area contributed by atoms with Gasteiger partial charge in [-0.05, 0) is 42.8 Å². The van der Waals surface area contributed by atoms with E-state index in [4.69, 9.17) is 0 Å².